The van der Waals surface area contributed by atoms with Gasteiger partial charge in [0.25, 0.3) is 0 Å². The molecule has 0 spiro atoms. The Morgan fingerprint density at radius 1 is 0.562 bits per heavy atom. The van der Waals surface area contributed by atoms with Crippen molar-refractivity contribution in [3.05, 3.63) is 97.1 Å². The predicted octanol–water partition coefficient (Wildman–Crippen LogP) is 8.53. The first kappa shape index (κ1) is 16.4. The van der Waals surface area contributed by atoms with Crippen molar-refractivity contribution >= 4 is 43.6 Å². The Balaban J connectivity index is 1.38. The van der Waals surface area contributed by atoms with Crippen LogP contribution >= 0.6 is 0 Å². The number of rotatable bonds is 1. The van der Waals surface area contributed by atoms with Crippen molar-refractivity contribution < 1.29 is 4.42 Å². The molecule has 5 aromatic carbocycles. The van der Waals surface area contributed by atoms with Crippen molar-refractivity contribution in [2.24, 2.45) is 0 Å². The van der Waals surface area contributed by atoms with Gasteiger partial charge >= 0.3 is 0 Å². The van der Waals surface area contributed by atoms with Crippen molar-refractivity contribution in [2.75, 3.05) is 0 Å². The van der Waals surface area contributed by atoms with E-state index in [1.807, 2.05) is 12.1 Å². The summed E-state index contributed by atoms with van der Waals surface area (Å²) >= 11 is 0. The Bertz CT molecular complexity index is 1880. The highest BCUT2D eigenvalue weighted by molar-refractivity contribution is 6.21. The third-order valence-electron chi connectivity index (χ3n) is 6.95. The molecule has 0 aliphatic heterocycles. The zero-order valence-electron chi connectivity index (χ0n) is 17.1. The molecule has 148 valence electrons. The van der Waals surface area contributed by atoms with Crippen molar-refractivity contribution in [3.8, 4) is 33.5 Å². The number of aromatic amines is 1. The van der Waals surface area contributed by atoms with Crippen molar-refractivity contribution in [3.63, 3.8) is 0 Å². The van der Waals surface area contributed by atoms with Gasteiger partial charge in [-0.3, -0.25) is 0 Å². The fraction of sp³-hybridized carbons (Fsp3) is 0. The highest BCUT2D eigenvalue weighted by Crippen LogP contribution is 2.50. The lowest BCUT2D eigenvalue weighted by Gasteiger charge is -2.05. The van der Waals surface area contributed by atoms with E-state index in [1.165, 1.54) is 55.2 Å². The first-order valence-electron chi connectivity index (χ1n) is 10.9. The highest BCUT2D eigenvalue weighted by Gasteiger charge is 2.25. The summed E-state index contributed by atoms with van der Waals surface area (Å²) in [6, 6.07) is 34.7. The van der Waals surface area contributed by atoms with Gasteiger partial charge in [-0.05, 0) is 57.8 Å². The van der Waals surface area contributed by atoms with E-state index >= 15 is 0 Å². The van der Waals surface area contributed by atoms with Gasteiger partial charge in [-0.1, -0.05) is 66.7 Å². The molecule has 0 amide bonds. The van der Waals surface area contributed by atoms with Gasteiger partial charge in [-0.15, -0.1) is 0 Å². The van der Waals surface area contributed by atoms with E-state index in [1.54, 1.807) is 0 Å². The molecule has 0 fully saturated rings. The van der Waals surface area contributed by atoms with Gasteiger partial charge in [0.15, 0.2) is 0 Å². The lowest BCUT2D eigenvalue weighted by molar-refractivity contribution is 0.669. The van der Waals surface area contributed by atoms with Gasteiger partial charge in [0, 0.05) is 32.8 Å². The number of H-pyrrole nitrogens is 1. The van der Waals surface area contributed by atoms with Crippen LogP contribution in [0.15, 0.2) is 101 Å². The number of benzene rings is 5. The number of aromatic nitrogens is 1. The summed E-state index contributed by atoms with van der Waals surface area (Å²) in [5.74, 6) is 0. The van der Waals surface area contributed by atoms with E-state index in [-0.39, 0.29) is 0 Å². The van der Waals surface area contributed by atoms with E-state index in [2.05, 4.69) is 89.9 Å². The summed E-state index contributed by atoms with van der Waals surface area (Å²) in [6.45, 7) is 0. The SMILES string of the molecule is c1cc2c3c(cccc3c1)-c1c-2[nH]c2ccc(-c3ccc4oc5ccccc5c4c3)cc12. The minimum atomic E-state index is 0.931. The first-order valence-corrected chi connectivity index (χ1v) is 10.9. The van der Waals surface area contributed by atoms with Gasteiger partial charge in [-0.2, -0.15) is 0 Å². The summed E-state index contributed by atoms with van der Waals surface area (Å²) in [4.78, 5) is 3.70. The smallest absolute Gasteiger partial charge is 0.135 e. The minimum Gasteiger partial charge on any atom is -0.456 e. The molecule has 2 aromatic heterocycles. The van der Waals surface area contributed by atoms with Crippen LogP contribution in [0.2, 0.25) is 0 Å². The van der Waals surface area contributed by atoms with Crippen LogP contribution in [0.5, 0.6) is 0 Å². The van der Waals surface area contributed by atoms with Gasteiger partial charge in [-0.25, -0.2) is 0 Å². The van der Waals surface area contributed by atoms with E-state index in [9.17, 15) is 0 Å². The van der Waals surface area contributed by atoms with Crippen molar-refractivity contribution in [2.45, 2.75) is 0 Å². The van der Waals surface area contributed by atoms with Crippen LogP contribution in [0.25, 0.3) is 77.1 Å². The zero-order chi connectivity index (χ0) is 20.8. The molecule has 0 radical (unpaired) electrons. The molecule has 0 saturated heterocycles. The zero-order valence-corrected chi connectivity index (χ0v) is 17.1. The molecule has 8 rings (SSSR count). The molecule has 2 heterocycles. The van der Waals surface area contributed by atoms with Gasteiger partial charge in [0.1, 0.15) is 11.2 Å². The standard InChI is InChI=1S/C30H17NO/c1-2-10-26-20(7-1)23-15-19(12-14-27(23)32-26)18-11-13-25-24(16-18)29-21-8-3-5-17-6-4-9-22(28(17)21)30(29)31-25/h1-16,31H. The molecule has 1 N–H and O–H groups in total. The first-order chi connectivity index (χ1) is 15.8. The van der Waals surface area contributed by atoms with Gasteiger partial charge in [0.05, 0.1) is 5.69 Å². The van der Waals surface area contributed by atoms with E-state index in [4.69, 9.17) is 4.42 Å². The van der Waals surface area contributed by atoms with Gasteiger partial charge < -0.3 is 9.40 Å². The lowest BCUT2D eigenvalue weighted by Crippen LogP contribution is -1.81. The van der Waals surface area contributed by atoms with Crippen molar-refractivity contribution in [1.29, 1.82) is 0 Å². The maximum atomic E-state index is 6.02. The maximum Gasteiger partial charge on any atom is 0.135 e. The Morgan fingerprint density at radius 3 is 2.22 bits per heavy atom. The number of nitrogens with one attached hydrogen (secondary N) is 1. The minimum absolute atomic E-state index is 0.931. The fourth-order valence-electron chi connectivity index (χ4n) is 5.52. The second-order valence-corrected chi connectivity index (χ2v) is 8.65. The molecular formula is C30H17NO. The summed E-state index contributed by atoms with van der Waals surface area (Å²) in [6.07, 6.45) is 0. The molecule has 0 saturated carbocycles. The third kappa shape index (κ3) is 1.99. The molecule has 0 bridgehead atoms. The average Bonchev–Trinajstić information content (AvgIpc) is 3.49. The number of para-hydroxylation sites is 1. The molecule has 2 heteroatoms. The summed E-state index contributed by atoms with van der Waals surface area (Å²) < 4.78 is 6.02. The van der Waals surface area contributed by atoms with Crippen LogP contribution in [-0.2, 0) is 0 Å². The molecule has 0 atom stereocenters. The van der Waals surface area contributed by atoms with E-state index < -0.39 is 0 Å². The summed E-state index contributed by atoms with van der Waals surface area (Å²) in [7, 11) is 0. The topological polar surface area (TPSA) is 28.9 Å². The number of furan rings is 1. The molecule has 32 heavy (non-hydrogen) atoms. The second-order valence-electron chi connectivity index (χ2n) is 8.65. The number of hydrogen-bond acceptors (Lipinski definition) is 1. The quantitative estimate of drug-likeness (QED) is 0.290. The van der Waals surface area contributed by atoms with Crippen LogP contribution in [0, 0.1) is 0 Å². The molecule has 2 nitrogen and oxygen atoms in total. The van der Waals surface area contributed by atoms with Crippen LogP contribution < -0.4 is 0 Å². The number of fused-ring (bicyclic) bond motifs is 8. The van der Waals surface area contributed by atoms with Crippen LogP contribution in [0.3, 0.4) is 0 Å². The third-order valence-corrected chi connectivity index (χ3v) is 6.95. The normalized spacial score (nSPS) is 12.4. The molecule has 0 unspecified atom stereocenters. The van der Waals surface area contributed by atoms with Crippen molar-refractivity contribution in [1.82, 2.24) is 4.98 Å². The predicted molar refractivity (Wildman–Crippen MR) is 133 cm³/mol. The lowest BCUT2D eigenvalue weighted by atomic mass is 9.98. The monoisotopic (exact) mass is 407 g/mol. The maximum absolute atomic E-state index is 6.02. The van der Waals surface area contributed by atoms with Crippen LogP contribution in [0.4, 0.5) is 0 Å². The molecule has 1 aliphatic carbocycles. The molecule has 7 aromatic rings. The number of hydrogen-bond donors (Lipinski definition) is 1. The Morgan fingerprint density at radius 2 is 1.31 bits per heavy atom. The second kappa shape index (κ2) is 5.68. The van der Waals surface area contributed by atoms with Gasteiger partial charge in [0.2, 0.25) is 0 Å². The Hall–Kier alpha value is -4.30. The summed E-state index contributed by atoms with van der Waals surface area (Å²) in [5, 5.41) is 6.25. The van der Waals surface area contributed by atoms with Crippen LogP contribution in [-0.4, -0.2) is 4.98 Å². The highest BCUT2D eigenvalue weighted by atomic mass is 16.3. The fourth-order valence-corrected chi connectivity index (χ4v) is 5.52. The molecule has 1 aliphatic rings. The van der Waals surface area contributed by atoms with Crippen LogP contribution in [0.1, 0.15) is 0 Å². The largest absolute Gasteiger partial charge is 0.456 e. The Kier molecular flexibility index (Phi) is 2.91. The van der Waals surface area contributed by atoms with E-state index in [0.29, 0.717) is 0 Å². The summed E-state index contributed by atoms with van der Waals surface area (Å²) in [5.41, 5.74) is 10.7. The average molecular weight is 407 g/mol. The van der Waals surface area contributed by atoms with E-state index in [0.717, 1.165) is 21.9 Å². The Labute approximate surface area is 183 Å². The molecular weight excluding hydrogens is 390 g/mol.